The van der Waals surface area contributed by atoms with Gasteiger partial charge < -0.3 is 20.5 Å². The van der Waals surface area contributed by atoms with Crippen LogP contribution in [0.25, 0.3) is 0 Å². The largest absolute Gasteiger partial charge is 0.478 e. The Kier molecular flexibility index (Phi) is 4.57. The van der Waals surface area contributed by atoms with Gasteiger partial charge in [-0.3, -0.25) is 0 Å². The summed E-state index contributed by atoms with van der Waals surface area (Å²) in [5.74, 6) is -1.07. The maximum atomic E-state index is 11.9. The Labute approximate surface area is 117 Å². The molecule has 0 aromatic heterocycles. The molecule has 6 heteroatoms. The SMILES string of the molecule is COC1CCCC1NC(=O)Nc1ccccc1C(=O)O. The average molecular weight is 278 g/mol. The number of hydrogen-bond acceptors (Lipinski definition) is 3. The van der Waals surface area contributed by atoms with Crippen LogP contribution in [0.15, 0.2) is 24.3 Å². The molecule has 1 aromatic carbocycles. The molecule has 108 valence electrons. The topological polar surface area (TPSA) is 87.7 Å². The first-order valence-corrected chi connectivity index (χ1v) is 6.54. The average Bonchev–Trinajstić information content (AvgIpc) is 2.86. The standard InChI is InChI=1S/C14H18N2O4/c1-20-12-8-4-7-11(12)16-14(19)15-10-6-3-2-5-9(10)13(17)18/h2-3,5-6,11-12H,4,7-8H2,1H3,(H,17,18)(H2,15,16,19). The van der Waals surface area contributed by atoms with Gasteiger partial charge in [0.05, 0.1) is 23.4 Å². The van der Waals surface area contributed by atoms with E-state index in [4.69, 9.17) is 9.84 Å². The van der Waals surface area contributed by atoms with Gasteiger partial charge in [0.15, 0.2) is 0 Å². The third kappa shape index (κ3) is 3.27. The Balaban J connectivity index is 2.00. The zero-order valence-corrected chi connectivity index (χ0v) is 11.3. The monoisotopic (exact) mass is 278 g/mol. The summed E-state index contributed by atoms with van der Waals surface area (Å²) in [4.78, 5) is 23.0. The number of amides is 2. The Bertz CT molecular complexity index is 504. The minimum Gasteiger partial charge on any atom is -0.478 e. The van der Waals surface area contributed by atoms with Crippen LogP contribution in [0.5, 0.6) is 0 Å². The first kappa shape index (κ1) is 14.3. The van der Waals surface area contributed by atoms with Gasteiger partial charge >= 0.3 is 12.0 Å². The second kappa shape index (κ2) is 6.38. The van der Waals surface area contributed by atoms with E-state index >= 15 is 0 Å². The van der Waals surface area contributed by atoms with Crippen LogP contribution in [-0.4, -0.2) is 36.4 Å². The van der Waals surface area contributed by atoms with Crippen LogP contribution in [0.3, 0.4) is 0 Å². The Morgan fingerprint density at radius 2 is 2.05 bits per heavy atom. The number of hydrogen-bond donors (Lipinski definition) is 3. The molecular weight excluding hydrogens is 260 g/mol. The van der Waals surface area contributed by atoms with E-state index in [2.05, 4.69) is 10.6 Å². The molecule has 0 saturated heterocycles. The molecule has 20 heavy (non-hydrogen) atoms. The van der Waals surface area contributed by atoms with Crippen LogP contribution in [0.1, 0.15) is 29.6 Å². The third-order valence-electron chi connectivity index (χ3n) is 3.48. The molecule has 2 atom stereocenters. The highest BCUT2D eigenvalue weighted by Crippen LogP contribution is 2.22. The highest BCUT2D eigenvalue weighted by Gasteiger charge is 2.28. The number of methoxy groups -OCH3 is 1. The molecule has 1 fully saturated rings. The van der Waals surface area contributed by atoms with Crippen molar-refractivity contribution in [1.82, 2.24) is 5.32 Å². The molecule has 1 aliphatic carbocycles. The number of para-hydroxylation sites is 1. The number of nitrogens with one attached hydrogen (secondary N) is 2. The summed E-state index contributed by atoms with van der Waals surface area (Å²) in [5.41, 5.74) is 0.349. The normalized spacial score (nSPS) is 21.4. The molecule has 0 aliphatic heterocycles. The lowest BCUT2D eigenvalue weighted by atomic mass is 10.2. The number of rotatable bonds is 4. The number of carboxylic acid groups (broad SMARTS) is 1. The molecule has 1 saturated carbocycles. The fourth-order valence-corrected chi connectivity index (χ4v) is 2.48. The van der Waals surface area contributed by atoms with Crippen LogP contribution in [0, 0.1) is 0 Å². The van der Waals surface area contributed by atoms with Crippen LogP contribution in [0.2, 0.25) is 0 Å². The van der Waals surface area contributed by atoms with Crippen molar-refractivity contribution in [1.29, 1.82) is 0 Å². The number of urea groups is 1. The van der Waals surface area contributed by atoms with Crippen molar-refractivity contribution in [2.24, 2.45) is 0 Å². The van der Waals surface area contributed by atoms with Gasteiger partial charge in [-0.1, -0.05) is 12.1 Å². The van der Waals surface area contributed by atoms with Crippen LogP contribution in [0.4, 0.5) is 10.5 Å². The van der Waals surface area contributed by atoms with E-state index in [9.17, 15) is 9.59 Å². The van der Waals surface area contributed by atoms with Gasteiger partial charge in [-0.15, -0.1) is 0 Å². The summed E-state index contributed by atoms with van der Waals surface area (Å²) in [5, 5.41) is 14.5. The molecule has 3 N–H and O–H groups in total. The smallest absolute Gasteiger partial charge is 0.337 e. The van der Waals surface area contributed by atoms with Gasteiger partial charge in [0, 0.05) is 7.11 Å². The van der Waals surface area contributed by atoms with E-state index < -0.39 is 12.0 Å². The summed E-state index contributed by atoms with van der Waals surface area (Å²) < 4.78 is 5.30. The Morgan fingerprint density at radius 3 is 2.75 bits per heavy atom. The van der Waals surface area contributed by atoms with E-state index in [-0.39, 0.29) is 23.4 Å². The van der Waals surface area contributed by atoms with E-state index in [0.717, 1.165) is 19.3 Å². The molecule has 0 heterocycles. The maximum Gasteiger partial charge on any atom is 0.337 e. The van der Waals surface area contributed by atoms with Crippen LogP contribution >= 0.6 is 0 Å². The lowest BCUT2D eigenvalue weighted by molar-refractivity contribution is 0.0698. The summed E-state index contributed by atoms with van der Waals surface area (Å²) in [6, 6.07) is 5.86. The van der Waals surface area contributed by atoms with E-state index in [1.165, 1.54) is 6.07 Å². The second-order valence-corrected chi connectivity index (χ2v) is 4.76. The molecule has 1 aromatic rings. The molecule has 2 unspecified atom stereocenters. The minimum absolute atomic E-state index is 0.0236. The minimum atomic E-state index is -1.07. The molecule has 0 radical (unpaired) electrons. The molecule has 2 rings (SSSR count). The third-order valence-corrected chi connectivity index (χ3v) is 3.48. The molecule has 1 aliphatic rings. The first-order chi connectivity index (χ1) is 9.61. The van der Waals surface area contributed by atoms with Gasteiger partial charge in [0.1, 0.15) is 0 Å². The zero-order valence-electron chi connectivity index (χ0n) is 11.3. The fourth-order valence-electron chi connectivity index (χ4n) is 2.48. The lowest BCUT2D eigenvalue weighted by Crippen LogP contribution is -2.43. The number of carbonyl (C=O) groups excluding carboxylic acids is 1. The maximum absolute atomic E-state index is 11.9. The second-order valence-electron chi connectivity index (χ2n) is 4.76. The van der Waals surface area contributed by atoms with Crippen molar-refractivity contribution in [3.63, 3.8) is 0 Å². The predicted octanol–water partition coefficient (Wildman–Crippen LogP) is 2.07. The lowest BCUT2D eigenvalue weighted by Gasteiger charge is -2.20. The van der Waals surface area contributed by atoms with Gasteiger partial charge in [0.2, 0.25) is 0 Å². The number of anilines is 1. The highest BCUT2D eigenvalue weighted by atomic mass is 16.5. The van der Waals surface area contributed by atoms with Gasteiger partial charge in [-0.2, -0.15) is 0 Å². The zero-order chi connectivity index (χ0) is 14.5. The number of carboxylic acids is 1. The summed E-state index contributed by atoms with van der Waals surface area (Å²) >= 11 is 0. The quantitative estimate of drug-likeness (QED) is 0.786. The molecule has 2 amide bonds. The predicted molar refractivity (Wildman–Crippen MR) is 74.0 cm³/mol. The first-order valence-electron chi connectivity index (χ1n) is 6.54. The van der Waals surface area contributed by atoms with Crippen molar-refractivity contribution in [3.8, 4) is 0 Å². The van der Waals surface area contributed by atoms with E-state index in [1.807, 2.05) is 0 Å². The van der Waals surface area contributed by atoms with Gasteiger partial charge in [-0.25, -0.2) is 9.59 Å². The van der Waals surface area contributed by atoms with Gasteiger partial charge in [0.25, 0.3) is 0 Å². The highest BCUT2D eigenvalue weighted by molar-refractivity contribution is 6.00. The molecule has 0 bridgehead atoms. The van der Waals surface area contributed by atoms with Crippen molar-refractivity contribution in [3.05, 3.63) is 29.8 Å². The van der Waals surface area contributed by atoms with Crippen LogP contribution < -0.4 is 10.6 Å². The number of benzene rings is 1. The molecule has 6 nitrogen and oxygen atoms in total. The van der Waals surface area contributed by atoms with Crippen LogP contribution in [-0.2, 0) is 4.74 Å². The molecular formula is C14H18N2O4. The summed E-state index contributed by atoms with van der Waals surface area (Å²) in [6.07, 6.45) is 2.82. The van der Waals surface area contributed by atoms with E-state index in [1.54, 1.807) is 25.3 Å². The number of carbonyl (C=O) groups is 2. The van der Waals surface area contributed by atoms with Crippen molar-refractivity contribution in [2.75, 3.05) is 12.4 Å². The Morgan fingerprint density at radius 1 is 1.30 bits per heavy atom. The van der Waals surface area contributed by atoms with E-state index in [0.29, 0.717) is 0 Å². The van der Waals surface area contributed by atoms with Crippen molar-refractivity contribution < 1.29 is 19.4 Å². The van der Waals surface area contributed by atoms with Crippen molar-refractivity contribution >= 4 is 17.7 Å². The summed E-state index contributed by atoms with van der Waals surface area (Å²) in [7, 11) is 1.63. The summed E-state index contributed by atoms with van der Waals surface area (Å²) in [6.45, 7) is 0. The number of aromatic carboxylic acids is 1. The van der Waals surface area contributed by atoms with Crippen molar-refractivity contribution in [2.45, 2.75) is 31.4 Å². The number of ether oxygens (including phenoxy) is 1. The fraction of sp³-hybridized carbons (Fsp3) is 0.429. The Hall–Kier alpha value is -2.08. The van der Waals surface area contributed by atoms with Gasteiger partial charge in [-0.05, 0) is 31.4 Å². The molecule has 0 spiro atoms.